The van der Waals surface area contributed by atoms with Crippen molar-refractivity contribution in [3.05, 3.63) is 43.5 Å². The van der Waals surface area contributed by atoms with Crippen molar-refractivity contribution in [3.8, 4) is 0 Å². The van der Waals surface area contributed by atoms with Gasteiger partial charge in [-0.2, -0.15) is 0 Å². The fourth-order valence-electron chi connectivity index (χ4n) is 1.31. The topological polar surface area (TPSA) is 38.0 Å². The first-order valence-corrected chi connectivity index (χ1v) is 7.08. The van der Waals surface area contributed by atoms with Gasteiger partial charge in [0.25, 0.3) is 0 Å². The predicted octanol–water partition coefficient (Wildman–Crippen LogP) is 4.47. The van der Waals surface area contributed by atoms with Crippen molar-refractivity contribution in [2.24, 2.45) is 0 Å². The molecule has 0 radical (unpaired) electrons. The summed E-state index contributed by atoms with van der Waals surface area (Å²) in [5, 5.41) is 3.32. The molecule has 0 saturated heterocycles. The van der Waals surface area contributed by atoms with Crippen LogP contribution >= 0.6 is 43.2 Å². The highest BCUT2D eigenvalue weighted by atomic mass is 79.9. The molecule has 1 heterocycles. The van der Waals surface area contributed by atoms with Gasteiger partial charge < -0.3 is 11.1 Å². The summed E-state index contributed by atoms with van der Waals surface area (Å²) in [6, 6.07) is 9.94. The standard InChI is InChI=1S/C11H10Br2N2S/c12-7-1-3-9(14)10(5-7)15-6-8-2-4-11(13)16-8/h1-5,15H,6,14H2. The second-order valence-electron chi connectivity index (χ2n) is 3.29. The van der Waals surface area contributed by atoms with E-state index in [1.807, 2.05) is 24.3 Å². The summed E-state index contributed by atoms with van der Waals surface area (Å²) in [5.41, 5.74) is 7.59. The van der Waals surface area contributed by atoms with Crippen LogP contribution in [0.25, 0.3) is 0 Å². The lowest BCUT2D eigenvalue weighted by atomic mass is 10.2. The van der Waals surface area contributed by atoms with E-state index in [0.29, 0.717) is 0 Å². The van der Waals surface area contributed by atoms with Crippen LogP contribution in [0.2, 0.25) is 0 Å². The summed E-state index contributed by atoms with van der Waals surface area (Å²) >= 11 is 8.59. The third-order valence-electron chi connectivity index (χ3n) is 2.10. The highest BCUT2D eigenvalue weighted by Gasteiger charge is 2.01. The van der Waals surface area contributed by atoms with Crippen molar-refractivity contribution in [2.75, 3.05) is 11.1 Å². The van der Waals surface area contributed by atoms with E-state index in [1.165, 1.54) is 4.88 Å². The summed E-state index contributed by atoms with van der Waals surface area (Å²) in [7, 11) is 0. The number of benzene rings is 1. The second-order valence-corrected chi connectivity index (χ2v) is 6.75. The van der Waals surface area contributed by atoms with Crippen LogP contribution in [0.4, 0.5) is 11.4 Å². The first kappa shape index (κ1) is 12.0. The molecular weight excluding hydrogens is 352 g/mol. The molecule has 0 bridgehead atoms. The Morgan fingerprint density at radius 2 is 2.00 bits per heavy atom. The summed E-state index contributed by atoms with van der Waals surface area (Å²) in [6.45, 7) is 0.789. The molecule has 0 aliphatic heterocycles. The maximum atomic E-state index is 5.87. The molecule has 0 saturated carbocycles. The number of anilines is 2. The van der Waals surface area contributed by atoms with Crippen LogP contribution in [-0.4, -0.2) is 0 Å². The highest BCUT2D eigenvalue weighted by Crippen LogP contribution is 2.26. The summed E-state index contributed by atoms with van der Waals surface area (Å²) < 4.78 is 2.17. The first-order chi connectivity index (χ1) is 7.65. The summed E-state index contributed by atoms with van der Waals surface area (Å²) in [6.07, 6.45) is 0. The SMILES string of the molecule is Nc1ccc(Br)cc1NCc1ccc(Br)s1. The number of halogens is 2. The second kappa shape index (κ2) is 5.21. The van der Waals surface area contributed by atoms with Gasteiger partial charge in [-0.1, -0.05) is 15.9 Å². The molecule has 0 fully saturated rings. The Kier molecular flexibility index (Phi) is 3.89. The van der Waals surface area contributed by atoms with E-state index < -0.39 is 0 Å². The van der Waals surface area contributed by atoms with Gasteiger partial charge in [-0.05, 0) is 46.3 Å². The van der Waals surface area contributed by atoms with Gasteiger partial charge in [-0.25, -0.2) is 0 Å². The Hall–Kier alpha value is -0.520. The molecule has 84 valence electrons. The van der Waals surface area contributed by atoms with Crippen molar-refractivity contribution in [3.63, 3.8) is 0 Å². The first-order valence-electron chi connectivity index (χ1n) is 4.68. The van der Waals surface area contributed by atoms with E-state index in [-0.39, 0.29) is 0 Å². The number of hydrogen-bond donors (Lipinski definition) is 2. The largest absolute Gasteiger partial charge is 0.397 e. The smallest absolute Gasteiger partial charge is 0.0702 e. The molecule has 2 nitrogen and oxygen atoms in total. The Morgan fingerprint density at radius 3 is 2.69 bits per heavy atom. The molecule has 2 aromatic rings. The van der Waals surface area contributed by atoms with Crippen LogP contribution in [0, 0.1) is 0 Å². The van der Waals surface area contributed by atoms with E-state index in [2.05, 4.69) is 43.2 Å². The molecule has 0 amide bonds. The van der Waals surface area contributed by atoms with Gasteiger partial charge in [-0.15, -0.1) is 11.3 Å². The third kappa shape index (κ3) is 2.99. The molecule has 1 aromatic heterocycles. The fourth-order valence-corrected chi connectivity index (χ4v) is 3.09. The van der Waals surface area contributed by atoms with E-state index in [9.17, 15) is 0 Å². The average Bonchev–Trinajstić information content (AvgIpc) is 2.66. The van der Waals surface area contributed by atoms with Crippen LogP contribution in [0.3, 0.4) is 0 Å². The molecule has 0 aliphatic rings. The number of nitrogens with one attached hydrogen (secondary N) is 1. The quantitative estimate of drug-likeness (QED) is 0.791. The Labute approximate surface area is 115 Å². The normalized spacial score (nSPS) is 10.4. The molecule has 0 spiro atoms. The van der Waals surface area contributed by atoms with Crippen LogP contribution in [0.1, 0.15) is 4.88 Å². The van der Waals surface area contributed by atoms with Gasteiger partial charge in [0.1, 0.15) is 0 Å². The molecule has 1 aromatic carbocycles. The zero-order chi connectivity index (χ0) is 11.5. The van der Waals surface area contributed by atoms with Gasteiger partial charge in [-0.3, -0.25) is 0 Å². The maximum Gasteiger partial charge on any atom is 0.0702 e. The molecule has 16 heavy (non-hydrogen) atoms. The Bertz CT molecular complexity index is 496. The highest BCUT2D eigenvalue weighted by molar-refractivity contribution is 9.11. The van der Waals surface area contributed by atoms with E-state index in [4.69, 9.17) is 5.73 Å². The van der Waals surface area contributed by atoms with Crippen LogP contribution in [0.15, 0.2) is 38.6 Å². The van der Waals surface area contributed by atoms with Crippen molar-refractivity contribution < 1.29 is 0 Å². The summed E-state index contributed by atoms with van der Waals surface area (Å²) in [5.74, 6) is 0. The lowest BCUT2D eigenvalue weighted by Crippen LogP contribution is -2.00. The molecule has 0 unspecified atom stereocenters. The molecule has 0 atom stereocenters. The lowest BCUT2D eigenvalue weighted by molar-refractivity contribution is 1.19. The zero-order valence-electron chi connectivity index (χ0n) is 8.34. The predicted molar refractivity (Wildman–Crippen MR) is 77.9 cm³/mol. The molecule has 5 heteroatoms. The number of rotatable bonds is 3. The van der Waals surface area contributed by atoms with Crippen molar-refractivity contribution in [2.45, 2.75) is 6.54 Å². The molecule has 0 aliphatic carbocycles. The van der Waals surface area contributed by atoms with Gasteiger partial charge in [0.05, 0.1) is 15.2 Å². The van der Waals surface area contributed by atoms with E-state index in [1.54, 1.807) is 11.3 Å². The van der Waals surface area contributed by atoms with E-state index in [0.717, 1.165) is 26.2 Å². The monoisotopic (exact) mass is 360 g/mol. The molecule has 2 rings (SSSR count). The average molecular weight is 362 g/mol. The van der Waals surface area contributed by atoms with Crippen LogP contribution in [-0.2, 0) is 6.54 Å². The maximum absolute atomic E-state index is 5.87. The minimum absolute atomic E-state index is 0.763. The summed E-state index contributed by atoms with van der Waals surface area (Å²) in [4.78, 5) is 1.27. The van der Waals surface area contributed by atoms with Crippen LogP contribution < -0.4 is 11.1 Å². The van der Waals surface area contributed by atoms with Crippen molar-refractivity contribution in [1.29, 1.82) is 0 Å². The van der Waals surface area contributed by atoms with E-state index >= 15 is 0 Å². The van der Waals surface area contributed by atoms with Gasteiger partial charge in [0.2, 0.25) is 0 Å². The Morgan fingerprint density at radius 1 is 1.19 bits per heavy atom. The Balaban J connectivity index is 2.07. The van der Waals surface area contributed by atoms with Gasteiger partial charge in [0.15, 0.2) is 0 Å². The van der Waals surface area contributed by atoms with Crippen molar-refractivity contribution >= 4 is 54.6 Å². The van der Waals surface area contributed by atoms with Gasteiger partial charge >= 0.3 is 0 Å². The molecule has 3 N–H and O–H groups in total. The molecular formula is C11H10Br2N2S. The van der Waals surface area contributed by atoms with Gasteiger partial charge in [0, 0.05) is 15.9 Å². The lowest BCUT2D eigenvalue weighted by Gasteiger charge is -2.08. The van der Waals surface area contributed by atoms with Crippen molar-refractivity contribution in [1.82, 2.24) is 0 Å². The minimum Gasteiger partial charge on any atom is -0.397 e. The number of hydrogen-bond acceptors (Lipinski definition) is 3. The zero-order valence-corrected chi connectivity index (χ0v) is 12.3. The third-order valence-corrected chi connectivity index (χ3v) is 4.21. The fraction of sp³-hybridized carbons (Fsp3) is 0.0909. The number of nitrogens with two attached hydrogens (primary N) is 1. The van der Waals surface area contributed by atoms with Crippen LogP contribution in [0.5, 0.6) is 0 Å². The number of thiophene rings is 1. The minimum atomic E-state index is 0.763. The number of nitrogen functional groups attached to an aromatic ring is 1.